The van der Waals surface area contributed by atoms with Crippen molar-refractivity contribution in [2.45, 2.75) is 52.7 Å². The smallest absolute Gasteiger partial charge is 0.140 e. The summed E-state index contributed by atoms with van der Waals surface area (Å²) >= 11 is 6.20. The van der Waals surface area contributed by atoms with Crippen molar-refractivity contribution in [2.75, 3.05) is 5.43 Å². The van der Waals surface area contributed by atoms with E-state index in [2.05, 4.69) is 31.2 Å². The van der Waals surface area contributed by atoms with Gasteiger partial charge in [0, 0.05) is 0 Å². The number of aromatic nitrogens is 1. The number of hydrazine groups is 1. The van der Waals surface area contributed by atoms with Gasteiger partial charge in [0.15, 0.2) is 0 Å². The molecule has 2 bridgehead atoms. The number of halogens is 1. The number of pyridine rings is 1. The van der Waals surface area contributed by atoms with Crippen LogP contribution in [-0.2, 0) is 11.3 Å². The summed E-state index contributed by atoms with van der Waals surface area (Å²) in [7, 11) is 0. The lowest BCUT2D eigenvalue weighted by molar-refractivity contribution is -0.0559. The van der Waals surface area contributed by atoms with Crippen LogP contribution in [0.25, 0.3) is 0 Å². The van der Waals surface area contributed by atoms with Gasteiger partial charge < -0.3 is 10.2 Å². The SMILES string of the molecule is CC1(C)C2CCC1(C)C(OCc1nc(NN)ccc1Cl)C2. The topological polar surface area (TPSA) is 60.2 Å². The number of ether oxygens (including phenoxy) is 1. The summed E-state index contributed by atoms with van der Waals surface area (Å²) in [5.74, 6) is 6.78. The molecule has 1 aromatic heterocycles. The molecule has 0 aromatic carbocycles. The highest BCUT2D eigenvalue weighted by molar-refractivity contribution is 6.31. The molecule has 116 valence electrons. The fourth-order valence-corrected chi connectivity index (χ4v) is 4.39. The van der Waals surface area contributed by atoms with Crippen molar-refractivity contribution >= 4 is 17.4 Å². The summed E-state index contributed by atoms with van der Waals surface area (Å²) in [6, 6.07) is 3.56. The van der Waals surface area contributed by atoms with Crippen LogP contribution < -0.4 is 11.3 Å². The van der Waals surface area contributed by atoms with Crippen LogP contribution in [0, 0.1) is 16.7 Å². The Morgan fingerprint density at radius 3 is 2.76 bits per heavy atom. The first-order valence-corrected chi connectivity index (χ1v) is 8.00. The van der Waals surface area contributed by atoms with Crippen LogP contribution in [0.5, 0.6) is 0 Å². The third kappa shape index (κ3) is 2.24. The number of nitrogens with one attached hydrogen (secondary N) is 1. The largest absolute Gasteiger partial charge is 0.371 e. The summed E-state index contributed by atoms with van der Waals surface area (Å²) < 4.78 is 6.23. The number of hydrogen-bond acceptors (Lipinski definition) is 4. The molecule has 2 fully saturated rings. The lowest BCUT2D eigenvalue weighted by Gasteiger charge is -2.38. The zero-order valence-corrected chi connectivity index (χ0v) is 13.7. The molecule has 0 amide bonds. The van der Waals surface area contributed by atoms with Crippen LogP contribution in [-0.4, -0.2) is 11.1 Å². The Hall–Kier alpha value is -0.840. The highest BCUT2D eigenvalue weighted by atomic mass is 35.5. The van der Waals surface area contributed by atoms with Crippen LogP contribution in [0.15, 0.2) is 12.1 Å². The van der Waals surface area contributed by atoms with Gasteiger partial charge in [-0.2, -0.15) is 0 Å². The molecule has 0 saturated heterocycles. The number of rotatable bonds is 4. The predicted octanol–water partition coefficient (Wildman–Crippen LogP) is 3.75. The van der Waals surface area contributed by atoms with Gasteiger partial charge >= 0.3 is 0 Å². The van der Waals surface area contributed by atoms with Gasteiger partial charge in [-0.15, -0.1) is 0 Å². The average Bonchev–Trinajstić information content (AvgIpc) is 2.79. The van der Waals surface area contributed by atoms with Crippen molar-refractivity contribution < 1.29 is 4.74 Å². The van der Waals surface area contributed by atoms with E-state index in [1.165, 1.54) is 12.8 Å². The van der Waals surface area contributed by atoms with E-state index in [4.69, 9.17) is 22.2 Å². The lowest BCUT2D eigenvalue weighted by atomic mass is 9.70. The quantitative estimate of drug-likeness (QED) is 0.657. The highest BCUT2D eigenvalue weighted by Gasteiger charge is 2.61. The van der Waals surface area contributed by atoms with Gasteiger partial charge in [-0.1, -0.05) is 32.4 Å². The van der Waals surface area contributed by atoms with E-state index in [0.717, 1.165) is 18.0 Å². The van der Waals surface area contributed by atoms with Crippen molar-refractivity contribution in [2.24, 2.45) is 22.6 Å². The Morgan fingerprint density at radius 1 is 1.43 bits per heavy atom. The van der Waals surface area contributed by atoms with E-state index in [1.54, 1.807) is 12.1 Å². The second kappa shape index (κ2) is 5.11. The van der Waals surface area contributed by atoms with Crippen molar-refractivity contribution in [1.82, 2.24) is 4.98 Å². The van der Waals surface area contributed by atoms with Gasteiger partial charge in [0.25, 0.3) is 0 Å². The van der Waals surface area contributed by atoms with E-state index in [0.29, 0.717) is 29.0 Å². The van der Waals surface area contributed by atoms with Crippen molar-refractivity contribution in [3.8, 4) is 0 Å². The Kier molecular flexibility index (Phi) is 3.67. The fourth-order valence-electron chi connectivity index (χ4n) is 4.23. The van der Waals surface area contributed by atoms with Gasteiger partial charge in [-0.25, -0.2) is 10.8 Å². The molecule has 5 heteroatoms. The zero-order valence-electron chi connectivity index (χ0n) is 12.9. The number of nitrogen functional groups attached to an aromatic ring is 1. The van der Waals surface area contributed by atoms with E-state index in [9.17, 15) is 0 Å². The minimum atomic E-state index is 0.258. The molecule has 2 aliphatic carbocycles. The molecule has 3 unspecified atom stereocenters. The van der Waals surface area contributed by atoms with Gasteiger partial charge in [0.2, 0.25) is 0 Å². The normalized spacial score (nSPS) is 33.4. The molecule has 0 radical (unpaired) electrons. The van der Waals surface area contributed by atoms with E-state index in [-0.39, 0.29) is 5.41 Å². The van der Waals surface area contributed by atoms with Crippen LogP contribution in [0.2, 0.25) is 5.02 Å². The maximum absolute atomic E-state index is 6.23. The van der Waals surface area contributed by atoms with E-state index >= 15 is 0 Å². The highest BCUT2D eigenvalue weighted by Crippen LogP contribution is 2.66. The first-order chi connectivity index (χ1) is 9.88. The second-order valence-corrected chi connectivity index (χ2v) is 7.59. The fraction of sp³-hybridized carbons (Fsp3) is 0.688. The predicted molar refractivity (Wildman–Crippen MR) is 84.9 cm³/mol. The zero-order chi connectivity index (χ0) is 15.3. The summed E-state index contributed by atoms with van der Waals surface area (Å²) in [5, 5.41) is 0.626. The number of hydrogen-bond donors (Lipinski definition) is 2. The van der Waals surface area contributed by atoms with Crippen LogP contribution in [0.4, 0.5) is 5.82 Å². The third-order valence-electron chi connectivity index (χ3n) is 6.20. The Morgan fingerprint density at radius 2 is 2.19 bits per heavy atom. The molecule has 4 nitrogen and oxygen atoms in total. The Bertz CT molecular complexity index is 548. The van der Waals surface area contributed by atoms with Crippen molar-refractivity contribution in [3.05, 3.63) is 22.8 Å². The summed E-state index contributed by atoms with van der Waals surface area (Å²) in [6.07, 6.45) is 4.02. The molecular formula is C16H24ClN3O. The van der Waals surface area contributed by atoms with Gasteiger partial charge in [0.05, 0.1) is 23.4 Å². The minimum Gasteiger partial charge on any atom is -0.371 e. The molecule has 21 heavy (non-hydrogen) atoms. The minimum absolute atomic E-state index is 0.258. The molecule has 0 aliphatic heterocycles. The van der Waals surface area contributed by atoms with Gasteiger partial charge in [-0.3, -0.25) is 0 Å². The third-order valence-corrected chi connectivity index (χ3v) is 6.55. The molecule has 3 rings (SSSR count). The van der Waals surface area contributed by atoms with Crippen LogP contribution in [0.3, 0.4) is 0 Å². The summed E-state index contributed by atoms with van der Waals surface area (Å²) in [5.41, 5.74) is 3.91. The monoisotopic (exact) mass is 309 g/mol. The summed E-state index contributed by atoms with van der Waals surface area (Å²) in [4.78, 5) is 4.38. The van der Waals surface area contributed by atoms with Gasteiger partial charge in [0.1, 0.15) is 5.82 Å². The Balaban J connectivity index is 1.72. The molecule has 0 spiro atoms. The average molecular weight is 310 g/mol. The summed E-state index contributed by atoms with van der Waals surface area (Å²) in [6.45, 7) is 7.59. The van der Waals surface area contributed by atoms with E-state index < -0.39 is 0 Å². The number of nitrogens with zero attached hydrogens (tertiary/aromatic N) is 1. The number of fused-ring (bicyclic) bond motifs is 2. The van der Waals surface area contributed by atoms with Crippen molar-refractivity contribution in [3.63, 3.8) is 0 Å². The first-order valence-electron chi connectivity index (χ1n) is 7.62. The molecule has 3 N–H and O–H groups in total. The molecule has 2 saturated carbocycles. The number of nitrogens with two attached hydrogens (primary N) is 1. The molecular weight excluding hydrogens is 286 g/mol. The lowest BCUT2D eigenvalue weighted by Crippen LogP contribution is -2.37. The van der Waals surface area contributed by atoms with Gasteiger partial charge in [-0.05, 0) is 48.1 Å². The molecule has 3 atom stereocenters. The molecule has 2 aliphatic rings. The molecule has 1 heterocycles. The standard InChI is InChI=1S/C16H24ClN3O/c1-15(2)10-6-7-16(15,3)13(8-10)21-9-12-11(17)4-5-14(19-12)20-18/h4-5,10,13H,6-9,18H2,1-3H3,(H,19,20). The van der Waals surface area contributed by atoms with E-state index in [1.807, 2.05) is 0 Å². The molecule has 1 aromatic rings. The number of anilines is 1. The van der Waals surface area contributed by atoms with Crippen LogP contribution in [0.1, 0.15) is 45.7 Å². The maximum Gasteiger partial charge on any atom is 0.140 e. The maximum atomic E-state index is 6.23. The Labute approximate surface area is 131 Å². The van der Waals surface area contributed by atoms with Crippen molar-refractivity contribution in [1.29, 1.82) is 0 Å². The second-order valence-electron chi connectivity index (χ2n) is 7.18. The van der Waals surface area contributed by atoms with Crippen LogP contribution >= 0.6 is 11.6 Å². The first kappa shape index (κ1) is 15.1.